The predicted molar refractivity (Wildman–Crippen MR) is 117 cm³/mol. The summed E-state index contributed by atoms with van der Waals surface area (Å²) < 4.78 is 16.2. The van der Waals surface area contributed by atoms with Gasteiger partial charge in [0.05, 0.1) is 18.7 Å². The van der Waals surface area contributed by atoms with Crippen LogP contribution >= 0.6 is 11.6 Å². The lowest BCUT2D eigenvalue weighted by atomic mass is 9.95. The smallest absolute Gasteiger partial charge is 0.290 e. The zero-order valence-electron chi connectivity index (χ0n) is 17.5. The Hall–Kier alpha value is -3.36. The van der Waals surface area contributed by atoms with Crippen molar-refractivity contribution in [2.45, 2.75) is 12.5 Å². The summed E-state index contributed by atoms with van der Waals surface area (Å²) in [7, 11) is 3.04. The van der Waals surface area contributed by atoms with Gasteiger partial charge in [-0.2, -0.15) is 0 Å². The molecule has 0 radical (unpaired) electrons. The fraction of sp³-hybridized carbons (Fsp3) is 0.261. The highest BCUT2D eigenvalue weighted by Crippen LogP contribution is 2.40. The third-order valence-electron chi connectivity index (χ3n) is 5.31. The van der Waals surface area contributed by atoms with Crippen LogP contribution in [0, 0.1) is 0 Å². The number of benzene rings is 1. The minimum Gasteiger partial charge on any atom is -0.503 e. The Morgan fingerprint density at radius 1 is 1.25 bits per heavy atom. The number of carbonyl (C=O) groups excluding carboxylic acids is 2. The maximum atomic E-state index is 13.5. The van der Waals surface area contributed by atoms with E-state index in [9.17, 15) is 14.7 Å². The van der Waals surface area contributed by atoms with Crippen molar-refractivity contribution in [1.82, 2.24) is 9.88 Å². The number of aliphatic hydroxyl groups is 1. The second kappa shape index (κ2) is 9.02. The molecule has 1 aromatic carbocycles. The van der Waals surface area contributed by atoms with Crippen LogP contribution in [0.4, 0.5) is 0 Å². The summed E-state index contributed by atoms with van der Waals surface area (Å²) in [6.07, 6.45) is 3.68. The van der Waals surface area contributed by atoms with Crippen LogP contribution in [0.1, 0.15) is 28.6 Å². The monoisotopic (exact) mass is 456 g/mol. The molecule has 4 rings (SSSR count). The van der Waals surface area contributed by atoms with E-state index in [0.29, 0.717) is 46.9 Å². The number of amides is 1. The van der Waals surface area contributed by atoms with E-state index < -0.39 is 23.5 Å². The molecule has 0 bridgehead atoms. The van der Waals surface area contributed by atoms with Crippen LogP contribution in [0.5, 0.6) is 5.75 Å². The molecule has 1 aliphatic rings. The fourth-order valence-electron chi connectivity index (χ4n) is 3.87. The maximum absolute atomic E-state index is 13.5. The molecule has 1 amide bonds. The first-order valence-corrected chi connectivity index (χ1v) is 10.3. The Bertz CT molecular complexity index is 1200. The number of methoxy groups -OCH3 is 2. The fourth-order valence-corrected chi connectivity index (χ4v) is 4.09. The zero-order valence-corrected chi connectivity index (χ0v) is 18.3. The van der Waals surface area contributed by atoms with Gasteiger partial charge in [-0.25, -0.2) is 0 Å². The number of carbonyl (C=O) groups is 2. The Balaban J connectivity index is 1.78. The van der Waals surface area contributed by atoms with Crippen LogP contribution in [0.3, 0.4) is 0 Å². The highest BCUT2D eigenvalue weighted by Gasteiger charge is 2.44. The van der Waals surface area contributed by atoms with Crippen LogP contribution in [0.25, 0.3) is 11.0 Å². The summed E-state index contributed by atoms with van der Waals surface area (Å²) in [4.78, 5) is 31.9. The molecule has 1 atom stereocenters. The Kier molecular flexibility index (Phi) is 6.16. The summed E-state index contributed by atoms with van der Waals surface area (Å²) in [6, 6.07) is 7.37. The molecule has 1 aliphatic heterocycles. The van der Waals surface area contributed by atoms with E-state index in [1.807, 2.05) is 0 Å². The number of nitrogens with zero attached hydrogens (tertiary/aromatic N) is 2. The van der Waals surface area contributed by atoms with Crippen molar-refractivity contribution in [3.8, 4) is 5.75 Å². The molecule has 0 spiro atoms. The number of pyridine rings is 1. The largest absolute Gasteiger partial charge is 0.503 e. The predicted octanol–water partition coefficient (Wildman–Crippen LogP) is 4.10. The standard InChI is InChI=1S/C23H21ClN2O6/c1-30-9-3-8-26-19(13-4-6-25-7-5-13)18(21(28)23(26)29)20(27)16-11-14-10-15(24)12-17(31-2)22(14)32-16/h4-7,10-12,19,28H,3,8-9H2,1-2H3. The molecule has 166 valence electrons. The van der Waals surface area contributed by atoms with E-state index >= 15 is 0 Å². The second-order valence-corrected chi connectivity index (χ2v) is 7.69. The van der Waals surface area contributed by atoms with Crippen molar-refractivity contribution in [2.75, 3.05) is 27.4 Å². The van der Waals surface area contributed by atoms with Crippen molar-refractivity contribution >= 4 is 34.3 Å². The van der Waals surface area contributed by atoms with Crippen molar-refractivity contribution < 1.29 is 28.6 Å². The molecule has 1 unspecified atom stereocenters. The van der Waals surface area contributed by atoms with Crippen LogP contribution in [0.2, 0.25) is 5.02 Å². The van der Waals surface area contributed by atoms with Crippen molar-refractivity contribution in [3.05, 3.63) is 70.4 Å². The number of ether oxygens (including phenoxy) is 2. The topological polar surface area (TPSA) is 102 Å². The average molecular weight is 457 g/mol. The van der Waals surface area contributed by atoms with Crippen molar-refractivity contribution in [3.63, 3.8) is 0 Å². The van der Waals surface area contributed by atoms with Gasteiger partial charge in [-0.15, -0.1) is 0 Å². The van der Waals surface area contributed by atoms with Gasteiger partial charge in [0, 0.05) is 49.1 Å². The van der Waals surface area contributed by atoms with E-state index in [0.717, 1.165) is 0 Å². The summed E-state index contributed by atoms with van der Waals surface area (Å²) in [5, 5.41) is 11.7. The molecule has 1 N–H and O–H groups in total. The third kappa shape index (κ3) is 3.83. The molecule has 0 saturated heterocycles. The molecule has 0 aliphatic carbocycles. The van der Waals surface area contributed by atoms with Gasteiger partial charge in [-0.05, 0) is 36.2 Å². The zero-order chi connectivity index (χ0) is 22.8. The van der Waals surface area contributed by atoms with Gasteiger partial charge >= 0.3 is 0 Å². The SMILES string of the molecule is COCCCN1C(=O)C(O)=C(C(=O)c2cc3cc(Cl)cc(OC)c3o2)C1c1ccncc1. The van der Waals surface area contributed by atoms with Crippen molar-refractivity contribution in [1.29, 1.82) is 0 Å². The number of aromatic nitrogens is 1. The van der Waals surface area contributed by atoms with E-state index in [2.05, 4.69) is 4.98 Å². The van der Waals surface area contributed by atoms with E-state index in [-0.39, 0.29) is 11.3 Å². The van der Waals surface area contributed by atoms with Crippen LogP contribution in [-0.4, -0.2) is 54.1 Å². The summed E-state index contributed by atoms with van der Waals surface area (Å²) in [6.45, 7) is 0.727. The van der Waals surface area contributed by atoms with Gasteiger partial charge in [-0.3, -0.25) is 14.6 Å². The van der Waals surface area contributed by atoms with Crippen LogP contribution in [0.15, 0.2) is 58.5 Å². The minimum absolute atomic E-state index is 0.0345. The highest BCUT2D eigenvalue weighted by atomic mass is 35.5. The molecule has 3 aromatic rings. The first-order chi connectivity index (χ1) is 15.5. The number of aliphatic hydroxyl groups excluding tert-OH is 1. The number of rotatable bonds is 8. The average Bonchev–Trinajstić information content (AvgIpc) is 3.33. The summed E-state index contributed by atoms with van der Waals surface area (Å²) >= 11 is 6.12. The molecular formula is C23H21ClN2O6. The van der Waals surface area contributed by atoms with E-state index in [1.54, 1.807) is 43.8 Å². The second-order valence-electron chi connectivity index (χ2n) is 7.26. The number of furan rings is 1. The number of Topliss-reactive ketones (excluding diaryl/α,β-unsaturated/α-hetero) is 1. The molecule has 3 heterocycles. The first-order valence-electron chi connectivity index (χ1n) is 9.91. The lowest BCUT2D eigenvalue weighted by Gasteiger charge is -2.26. The summed E-state index contributed by atoms with van der Waals surface area (Å²) in [5.41, 5.74) is 0.944. The van der Waals surface area contributed by atoms with Gasteiger partial charge in [0.15, 0.2) is 22.9 Å². The minimum atomic E-state index is -0.784. The highest BCUT2D eigenvalue weighted by molar-refractivity contribution is 6.31. The lowest BCUT2D eigenvalue weighted by molar-refractivity contribution is -0.129. The molecule has 32 heavy (non-hydrogen) atoms. The molecule has 0 fully saturated rings. The van der Waals surface area contributed by atoms with Gasteiger partial charge in [0.1, 0.15) is 0 Å². The number of hydrogen-bond donors (Lipinski definition) is 1. The van der Waals surface area contributed by atoms with E-state index in [4.69, 9.17) is 25.5 Å². The Labute approximate surface area is 189 Å². The van der Waals surface area contributed by atoms with Crippen molar-refractivity contribution in [2.24, 2.45) is 0 Å². The van der Waals surface area contributed by atoms with Gasteiger partial charge in [0.25, 0.3) is 5.91 Å². The Morgan fingerprint density at radius 3 is 2.69 bits per heavy atom. The van der Waals surface area contributed by atoms with Crippen LogP contribution in [-0.2, 0) is 9.53 Å². The van der Waals surface area contributed by atoms with Crippen LogP contribution < -0.4 is 4.74 Å². The number of ketones is 1. The normalized spacial score (nSPS) is 16.3. The number of hydrogen-bond acceptors (Lipinski definition) is 7. The molecule has 9 heteroatoms. The molecular weight excluding hydrogens is 436 g/mol. The third-order valence-corrected chi connectivity index (χ3v) is 5.53. The van der Waals surface area contributed by atoms with Gasteiger partial charge in [0.2, 0.25) is 5.78 Å². The van der Waals surface area contributed by atoms with E-state index in [1.165, 1.54) is 18.1 Å². The number of halogens is 1. The van der Waals surface area contributed by atoms with Gasteiger partial charge < -0.3 is 23.9 Å². The maximum Gasteiger partial charge on any atom is 0.290 e. The molecule has 2 aromatic heterocycles. The first kappa shape index (κ1) is 21.9. The quantitative estimate of drug-likeness (QED) is 0.402. The molecule has 8 nitrogen and oxygen atoms in total. The summed E-state index contributed by atoms with van der Waals surface area (Å²) in [5.74, 6) is -1.48. The Morgan fingerprint density at radius 2 is 2.00 bits per heavy atom. The lowest BCUT2D eigenvalue weighted by Crippen LogP contribution is -2.32. The van der Waals surface area contributed by atoms with Gasteiger partial charge in [-0.1, -0.05) is 11.6 Å². The molecule has 0 saturated carbocycles. The number of fused-ring (bicyclic) bond motifs is 1.